The smallest absolute Gasteiger partial charge is 0.352 e. The van der Waals surface area contributed by atoms with E-state index in [9.17, 15) is 24.6 Å². The SMILES string of the molecule is O=C(COC1CCNCC1)NC(CO)C(=O)C(Oc1ccccc1)C(=O)O. The number of piperidine rings is 1. The molecule has 2 atom stereocenters. The molecular formula is C18H24N2O7. The highest BCUT2D eigenvalue weighted by molar-refractivity contribution is 6.05. The number of carbonyl (C=O) groups is 3. The maximum atomic E-state index is 12.4. The third-order valence-corrected chi connectivity index (χ3v) is 4.08. The van der Waals surface area contributed by atoms with Gasteiger partial charge in [-0.1, -0.05) is 18.2 Å². The molecule has 4 N–H and O–H groups in total. The van der Waals surface area contributed by atoms with Gasteiger partial charge in [0.05, 0.1) is 12.7 Å². The molecule has 148 valence electrons. The number of Topliss-reactive ketones (excluding diaryl/α,β-unsaturated/α-hetero) is 1. The molecule has 0 spiro atoms. The molecular weight excluding hydrogens is 356 g/mol. The second-order valence-corrected chi connectivity index (χ2v) is 6.11. The number of rotatable bonds is 10. The zero-order chi connectivity index (χ0) is 19.6. The van der Waals surface area contributed by atoms with Crippen molar-refractivity contribution in [1.82, 2.24) is 10.6 Å². The van der Waals surface area contributed by atoms with Crippen molar-refractivity contribution >= 4 is 17.7 Å². The van der Waals surface area contributed by atoms with Gasteiger partial charge in [-0.3, -0.25) is 9.59 Å². The van der Waals surface area contributed by atoms with E-state index in [1.165, 1.54) is 12.1 Å². The summed E-state index contributed by atoms with van der Waals surface area (Å²) in [6.07, 6.45) is -0.341. The number of aliphatic hydroxyl groups is 1. The van der Waals surface area contributed by atoms with E-state index in [0.717, 1.165) is 25.9 Å². The van der Waals surface area contributed by atoms with Crippen LogP contribution >= 0.6 is 0 Å². The summed E-state index contributed by atoms with van der Waals surface area (Å²) in [7, 11) is 0. The van der Waals surface area contributed by atoms with Crippen molar-refractivity contribution in [3.8, 4) is 5.75 Å². The fourth-order valence-corrected chi connectivity index (χ4v) is 2.65. The van der Waals surface area contributed by atoms with Crippen LogP contribution in [0.15, 0.2) is 30.3 Å². The van der Waals surface area contributed by atoms with Crippen molar-refractivity contribution in [3.05, 3.63) is 30.3 Å². The second kappa shape index (κ2) is 10.6. The summed E-state index contributed by atoms with van der Waals surface area (Å²) >= 11 is 0. The lowest BCUT2D eigenvalue weighted by molar-refractivity contribution is -0.152. The monoisotopic (exact) mass is 380 g/mol. The van der Waals surface area contributed by atoms with E-state index < -0.39 is 36.4 Å². The van der Waals surface area contributed by atoms with Gasteiger partial charge in [0, 0.05) is 0 Å². The van der Waals surface area contributed by atoms with Crippen LogP contribution in [0.25, 0.3) is 0 Å². The van der Waals surface area contributed by atoms with E-state index >= 15 is 0 Å². The van der Waals surface area contributed by atoms with Crippen molar-refractivity contribution < 1.29 is 34.1 Å². The largest absolute Gasteiger partial charge is 0.478 e. The van der Waals surface area contributed by atoms with Crippen LogP contribution in [-0.4, -0.2) is 72.4 Å². The lowest BCUT2D eigenvalue weighted by atomic mass is 10.1. The third kappa shape index (κ3) is 6.63. The number of carbonyl (C=O) groups excluding carboxylic acids is 2. The number of hydrogen-bond donors (Lipinski definition) is 4. The Morgan fingerprint density at radius 1 is 1.19 bits per heavy atom. The van der Waals surface area contributed by atoms with Gasteiger partial charge in [0.25, 0.3) is 6.10 Å². The zero-order valence-electron chi connectivity index (χ0n) is 14.8. The van der Waals surface area contributed by atoms with Gasteiger partial charge in [-0.15, -0.1) is 0 Å². The van der Waals surface area contributed by atoms with Crippen molar-refractivity contribution in [2.45, 2.75) is 31.1 Å². The molecule has 1 aliphatic rings. The molecule has 1 aromatic carbocycles. The van der Waals surface area contributed by atoms with Crippen LogP contribution in [0.2, 0.25) is 0 Å². The Morgan fingerprint density at radius 3 is 2.44 bits per heavy atom. The molecule has 0 aromatic heterocycles. The Balaban J connectivity index is 1.91. The first kappa shape index (κ1) is 20.8. The average molecular weight is 380 g/mol. The first-order valence-corrected chi connectivity index (χ1v) is 8.72. The number of aliphatic hydroxyl groups excluding tert-OH is 1. The lowest BCUT2D eigenvalue weighted by Gasteiger charge is -2.24. The Hall–Kier alpha value is -2.49. The van der Waals surface area contributed by atoms with Crippen molar-refractivity contribution in [2.24, 2.45) is 0 Å². The molecule has 1 aliphatic heterocycles. The number of amides is 1. The molecule has 9 nitrogen and oxygen atoms in total. The van der Waals surface area contributed by atoms with Gasteiger partial charge in [0.2, 0.25) is 11.7 Å². The summed E-state index contributed by atoms with van der Waals surface area (Å²) in [6.45, 7) is 0.591. The van der Waals surface area contributed by atoms with E-state index in [1.807, 2.05) is 0 Å². The van der Waals surface area contributed by atoms with Crippen molar-refractivity contribution in [2.75, 3.05) is 26.3 Å². The van der Waals surface area contributed by atoms with E-state index in [2.05, 4.69) is 10.6 Å². The minimum absolute atomic E-state index is 0.0477. The minimum Gasteiger partial charge on any atom is -0.478 e. The normalized spacial score (nSPS) is 16.9. The van der Waals surface area contributed by atoms with Gasteiger partial charge in [-0.25, -0.2) is 4.79 Å². The second-order valence-electron chi connectivity index (χ2n) is 6.11. The number of carboxylic acids is 1. The number of ketones is 1. The summed E-state index contributed by atoms with van der Waals surface area (Å²) in [5, 5.41) is 24.2. The molecule has 1 fully saturated rings. The molecule has 1 saturated heterocycles. The van der Waals surface area contributed by atoms with Crippen LogP contribution < -0.4 is 15.4 Å². The zero-order valence-corrected chi connectivity index (χ0v) is 14.8. The summed E-state index contributed by atoms with van der Waals surface area (Å²) < 4.78 is 10.7. The predicted molar refractivity (Wildman–Crippen MR) is 94.4 cm³/mol. The molecule has 0 saturated carbocycles. The van der Waals surface area contributed by atoms with Crippen LogP contribution in [0.3, 0.4) is 0 Å². The summed E-state index contributed by atoms with van der Waals surface area (Å²) in [5.41, 5.74) is 0. The molecule has 0 aliphatic carbocycles. The van der Waals surface area contributed by atoms with Gasteiger partial charge in [-0.2, -0.15) is 0 Å². The number of ether oxygens (including phenoxy) is 2. The van der Waals surface area contributed by atoms with E-state index in [4.69, 9.17) is 9.47 Å². The molecule has 2 unspecified atom stereocenters. The lowest BCUT2D eigenvalue weighted by Crippen LogP contribution is -2.52. The van der Waals surface area contributed by atoms with E-state index in [-0.39, 0.29) is 18.5 Å². The molecule has 1 amide bonds. The maximum absolute atomic E-state index is 12.4. The third-order valence-electron chi connectivity index (χ3n) is 4.08. The number of hydrogen-bond acceptors (Lipinski definition) is 7. The quantitative estimate of drug-likeness (QED) is 0.393. The number of aliphatic carboxylic acids is 1. The Labute approximate surface area is 156 Å². The van der Waals surface area contributed by atoms with Crippen LogP contribution in [0.5, 0.6) is 5.75 Å². The highest BCUT2D eigenvalue weighted by Crippen LogP contribution is 2.13. The topological polar surface area (TPSA) is 134 Å². The Kier molecular flexibility index (Phi) is 8.18. The molecule has 27 heavy (non-hydrogen) atoms. The minimum atomic E-state index is -1.85. The van der Waals surface area contributed by atoms with Gasteiger partial charge >= 0.3 is 5.97 Å². The number of nitrogens with one attached hydrogen (secondary N) is 2. The van der Waals surface area contributed by atoms with Crippen LogP contribution in [0.4, 0.5) is 0 Å². The molecule has 0 radical (unpaired) electrons. The number of carboxylic acid groups (broad SMARTS) is 1. The standard InChI is InChI=1S/C18H24N2O7/c21-10-14(20-15(22)11-26-12-6-8-19-9-7-12)16(23)17(18(24)25)27-13-4-2-1-3-5-13/h1-5,12,14,17,19,21H,6-11H2,(H,20,22)(H,24,25). The highest BCUT2D eigenvalue weighted by atomic mass is 16.5. The van der Waals surface area contributed by atoms with Gasteiger partial charge in [-0.05, 0) is 38.1 Å². The number of para-hydroxylation sites is 1. The van der Waals surface area contributed by atoms with Gasteiger partial charge in [0.15, 0.2) is 0 Å². The fourth-order valence-electron chi connectivity index (χ4n) is 2.65. The maximum Gasteiger partial charge on any atom is 0.352 e. The van der Waals surface area contributed by atoms with Gasteiger partial charge < -0.3 is 30.3 Å². The van der Waals surface area contributed by atoms with Gasteiger partial charge in [0.1, 0.15) is 18.4 Å². The Bertz CT molecular complexity index is 632. The van der Waals surface area contributed by atoms with Crippen molar-refractivity contribution in [3.63, 3.8) is 0 Å². The molecule has 2 rings (SSSR count). The fraction of sp³-hybridized carbons (Fsp3) is 0.500. The summed E-state index contributed by atoms with van der Waals surface area (Å²) in [5.74, 6) is -2.88. The first-order chi connectivity index (χ1) is 13.0. The average Bonchev–Trinajstić information content (AvgIpc) is 2.69. The molecule has 9 heteroatoms. The number of benzene rings is 1. The van der Waals surface area contributed by atoms with Crippen LogP contribution in [-0.2, 0) is 19.1 Å². The van der Waals surface area contributed by atoms with Crippen LogP contribution in [0, 0.1) is 0 Å². The predicted octanol–water partition coefficient (Wildman–Crippen LogP) is -0.667. The molecule has 1 aromatic rings. The van der Waals surface area contributed by atoms with Crippen molar-refractivity contribution in [1.29, 1.82) is 0 Å². The van der Waals surface area contributed by atoms with E-state index in [0.29, 0.717) is 0 Å². The van der Waals surface area contributed by atoms with E-state index in [1.54, 1.807) is 18.2 Å². The first-order valence-electron chi connectivity index (χ1n) is 8.72. The summed E-state index contributed by atoms with van der Waals surface area (Å²) in [4.78, 5) is 35.9. The molecule has 0 bridgehead atoms. The molecule has 1 heterocycles. The Morgan fingerprint density at radius 2 is 1.85 bits per heavy atom. The summed E-state index contributed by atoms with van der Waals surface area (Å²) in [6, 6.07) is 6.57. The highest BCUT2D eigenvalue weighted by Gasteiger charge is 2.35. The van der Waals surface area contributed by atoms with Crippen LogP contribution in [0.1, 0.15) is 12.8 Å².